The smallest absolute Gasteiger partial charge is 0.243 e. The molecule has 0 saturated carbocycles. The topological polar surface area (TPSA) is 71.2 Å². The van der Waals surface area contributed by atoms with E-state index in [1.165, 1.54) is 0 Å². The second kappa shape index (κ2) is 3.86. The first-order valence-corrected chi connectivity index (χ1v) is 4.91. The summed E-state index contributed by atoms with van der Waals surface area (Å²) in [6, 6.07) is 1.92. The minimum atomic E-state index is -0.0175. The van der Waals surface area contributed by atoms with E-state index in [1.54, 1.807) is 12.4 Å². The summed E-state index contributed by atoms with van der Waals surface area (Å²) in [7, 11) is 0. The Morgan fingerprint density at radius 3 is 3.27 bits per heavy atom. The largest absolute Gasteiger partial charge is 0.359 e. The van der Waals surface area contributed by atoms with Crippen molar-refractivity contribution < 1.29 is 4.79 Å². The van der Waals surface area contributed by atoms with Crippen LogP contribution in [0.15, 0.2) is 18.5 Å². The summed E-state index contributed by atoms with van der Waals surface area (Å²) in [5.41, 5.74) is 7.48. The fourth-order valence-corrected chi connectivity index (χ4v) is 1.72. The summed E-state index contributed by atoms with van der Waals surface area (Å²) < 4.78 is 0. The zero-order valence-electron chi connectivity index (χ0n) is 8.60. The zero-order chi connectivity index (χ0) is 10.8. The first kappa shape index (κ1) is 9.92. The predicted octanol–water partition coefficient (Wildman–Crippen LogP) is 0.187. The molecule has 1 aromatic heterocycles. The Hall–Kier alpha value is -1.62. The van der Waals surface area contributed by atoms with Crippen LogP contribution in [0.4, 0.5) is 11.4 Å². The van der Waals surface area contributed by atoms with Crippen LogP contribution in [0.1, 0.15) is 6.92 Å². The monoisotopic (exact) mass is 206 g/mol. The third kappa shape index (κ3) is 2.07. The minimum Gasteiger partial charge on any atom is -0.359 e. The molecule has 1 unspecified atom stereocenters. The number of nitrogens with one attached hydrogen (secondary N) is 1. The van der Waals surface area contributed by atoms with Gasteiger partial charge in [0.1, 0.15) is 0 Å². The summed E-state index contributed by atoms with van der Waals surface area (Å²) in [5, 5.41) is 2.78. The number of rotatable bonds is 2. The highest BCUT2D eigenvalue weighted by molar-refractivity contribution is 6.00. The van der Waals surface area contributed by atoms with Crippen molar-refractivity contribution in [1.29, 1.82) is 0 Å². The average molecular weight is 206 g/mol. The van der Waals surface area contributed by atoms with E-state index in [0.29, 0.717) is 13.1 Å². The fraction of sp³-hybridized carbons (Fsp3) is 0.400. The Bertz CT molecular complexity index is 377. The standard InChI is InChI=1S/C10H14N4O/c1-7(11)5-14-6-10(15)13-8-4-12-3-2-9(8)14/h2-4,7H,5-6,11H2,1H3,(H,13,15). The van der Waals surface area contributed by atoms with Gasteiger partial charge in [-0.05, 0) is 13.0 Å². The van der Waals surface area contributed by atoms with E-state index in [0.717, 1.165) is 11.4 Å². The first-order chi connectivity index (χ1) is 7.16. The Labute approximate surface area is 88.3 Å². The second-order valence-electron chi connectivity index (χ2n) is 3.80. The van der Waals surface area contributed by atoms with Crippen molar-refractivity contribution >= 4 is 17.3 Å². The first-order valence-electron chi connectivity index (χ1n) is 4.91. The number of aromatic nitrogens is 1. The van der Waals surface area contributed by atoms with Crippen LogP contribution < -0.4 is 16.0 Å². The summed E-state index contributed by atoms with van der Waals surface area (Å²) in [6.45, 7) is 2.95. The number of pyridine rings is 1. The average Bonchev–Trinajstić information content (AvgIpc) is 2.16. The lowest BCUT2D eigenvalue weighted by molar-refractivity contribution is -0.115. The van der Waals surface area contributed by atoms with Gasteiger partial charge in [-0.2, -0.15) is 0 Å². The number of carbonyl (C=O) groups is 1. The van der Waals surface area contributed by atoms with Crippen LogP contribution >= 0.6 is 0 Å². The molecular weight excluding hydrogens is 192 g/mol. The van der Waals surface area contributed by atoms with Gasteiger partial charge in [0.2, 0.25) is 5.91 Å². The molecule has 15 heavy (non-hydrogen) atoms. The van der Waals surface area contributed by atoms with Gasteiger partial charge in [0, 0.05) is 18.8 Å². The normalized spacial score (nSPS) is 16.9. The molecule has 0 fully saturated rings. The molecule has 1 aliphatic heterocycles. The number of carbonyl (C=O) groups excluding carboxylic acids is 1. The third-order valence-electron chi connectivity index (χ3n) is 2.26. The van der Waals surface area contributed by atoms with Gasteiger partial charge in [-0.3, -0.25) is 9.78 Å². The Morgan fingerprint density at radius 2 is 2.53 bits per heavy atom. The number of hydrogen-bond acceptors (Lipinski definition) is 4. The molecule has 2 rings (SSSR count). The predicted molar refractivity (Wildman–Crippen MR) is 58.7 cm³/mol. The van der Waals surface area contributed by atoms with Crippen molar-refractivity contribution in [3.8, 4) is 0 Å². The van der Waals surface area contributed by atoms with Gasteiger partial charge in [0.25, 0.3) is 0 Å². The molecule has 5 heteroatoms. The SMILES string of the molecule is CC(N)CN1CC(=O)Nc2cnccc21. The van der Waals surface area contributed by atoms with Crippen molar-refractivity contribution in [3.05, 3.63) is 18.5 Å². The number of amides is 1. The van der Waals surface area contributed by atoms with Gasteiger partial charge in [-0.1, -0.05) is 0 Å². The maximum absolute atomic E-state index is 11.4. The van der Waals surface area contributed by atoms with Crippen LogP contribution in [0.2, 0.25) is 0 Å². The molecule has 1 atom stereocenters. The van der Waals surface area contributed by atoms with Crippen molar-refractivity contribution in [1.82, 2.24) is 4.98 Å². The Balaban J connectivity index is 2.30. The number of anilines is 2. The van der Waals surface area contributed by atoms with E-state index in [4.69, 9.17) is 5.73 Å². The van der Waals surface area contributed by atoms with E-state index in [1.807, 2.05) is 17.9 Å². The van der Waals surface area contributed by atoms with Crippen molar-refractivity contribution in [2.45, 2.75) is 13.0 Å². The van der Waals surface area contributed by atoms with Crippen LogP contribution in [-0.2, 0) is 4.79 Å². The molecule has 80 valence electrons. The summed E-state index contributed by atoms with van der Waals surface area (Å²) in [6.07, 6.45) is 3.37. The third-order valence-corrected chi connectivity index (χ3v) is 2.26. The van der Waals surface area contributed by atoms with Crippen molar-refractivity contribution in [2.24, 2.45) is 5.73 Å². The van der Waals surface area contributed by atoms with Gasteiger partial charge < -0.3 is 16.0 Å². The quantitative estimate of drug-likeness (QED) is 0.724. The number of nitrogens with two attached hydrogens (primary N) is 1. The Morgan fingerprint density at radius 1 is 1.73 bits per heavy atom. The van der Waals surface area contributed by atoms with Crippen molar-refractivity contribution in [3.63, 3.8) is 0 Å². The van der Waals surface area contributed by atoms with Gasteiger partial charge in [-0.15, -0.1) is 0 Å². The van der Waals surface area contributed by atoms with Gasteiger partial charge in [0.05, 0.1) is 24.1 Å². The summed E-state index contributed by atoms with van der Waals surface area (Å²) >= 11 is 0. The maximum Gasteiger partial charge on any atom is 0.243 e. The molecule has 0 spiro atoms. The molecule has 0 aromatic carbocycles. The summed E-state index contributed by atoms with van der Waals surface area (Å²) in [4.78, 5) is 17.3. The highest BCUT2D eigenvalue weighted by atomic mass is 16.2. The minimum absolute atomic E-state index is 0.0175. The molecule has 1 aromatic rings. The molecular formula is C10H14N4O. The molecule has 0 bridgehead atoms. The molecule has 1 aliphatic rings. The highest BCUT2D eigenvalue weighted by Crippen LogP contribution is 2.27. The molecule has 0 radical (unpaired) electrons. The lowest BCUT2D eigenvalue weighted by atomic mass is 10.2. The van der Waals surface area contributed by atoms with E-state index in [2.05, 4.69) is 10.3 Å². The number of hydrogen-bond donors (Lipinski definition) is 2. The molecule has 3 N–H and O–H groups in total. The van der Waals surface area contributed by atoms with E-state index in [9.17, 15) is 4.79 Å². The summed E-state index contributed by atoms with van der Waals surface area (Å²) in [5.74, 6) is -0.0175. The van der Waals surface area contributed by atoms with Gasteiger partial charge >= 0.3 is 0 Å². The number of fused-ring (bicyclic) bond motifs is 1. The highest BCUT2D eigenvalue weighted by Gasteiger charge is 2.22. The lowest BCUT2D eigenvalue weighted by Gasteiger charge is -2.31. The van der Waals surface area contributed by atoms with Crippen molar-refractivity contribution in [2.75, 3.05) is 23.3 Å². The second-order valence-corrected chi connectivity index (χ2v) is 3.80. The molecule has 1 amide bonds. The Kier molecular flexibility index (Phi) is 2.55. The van der Waals surface area contributed by atoms with Gasteiger partial charge in [0.15, 0.2) is 0 Å². The van der Waals surface area contributed by atoms with Crippen LogP contribution in [0.25, 0.3) is 0 Å². The molecule has 0 aliphatic carbocycles. The van der Waals surface area contributed by atoms with Crippen LogP contribution in [0, 0.1) is 0 Å². The van der Waals surface area contributed by atoms with Crippen LogP contribution in [-0.4, -0.2) is 30.0 Å². The lowest BCUT2D eigenvalue weighted by Crippen LogP contribution is -2.43. The fourth-order valence-electron chi connectivity index (χ4n) is 1.72. The van der Waals surface area contributed by atoms with Crippen LogP contribution in [0.3, 0.4) is 0 Å². The van der Waals surface area contributed by atoms with E-state index in [-0.39, 0.29) is 11.9 Å². The molecule has 0 saturated heterocycles. The zero-order valence-corrected chi connectivity index (χ0v) is 8.60. The van der Waals surface area contributed by atoms with E-state index < -0.39 is 0 Å². The van der Waals surface area contributed by atoms with Gasteiger partial charge in [-0.25, -0.2) is 0 Å². The maximum atomic E-state index is 11.4. The number of nitrogens with zero attached hydrogens (tertiary/aromatic N) is 2. The molecule has 5 nitrogen and oxygen atoms in total. The van der Waals surface area contributed by atoms with E-state index >= 15 is 0 Å². The molecule has 2 heterocycles. The van der Waals surface area contributed by atoms with Crippen LogP contribution in [0.5, 0.6) is 0 Å².